The van der Waals surface area contributed by atoms with E-state index in [0.717, 1.165) is 31.7 Å². The maximum atomic E-state index is 5.55. The van der Waals surface area contributed by atoms with Gasteiger partial charge in [0, 0.05) is 24.3 Å². The Morgan fingerprint density at radius 2 is 2.23 bits per heavy atom. The molecule has 1 aromatic heterocycles. The van der Waals surface area contributed by atoms with Gasteiger partial charge in [0.25, 0.3) is 0 Å². The number of H-pyrrole nitrogens is 1. The average Bonchev–Trinajstić information content (AvgIpc) is 2.54. The van der Waals surface area contributed by atoms with E-state index in [0.29, 0.717) is 5.95 Å². The third-order valence-corrected chi connectivity index (χ3v) is 2.84. The number of imidazole rings is 1. The Balaban J connectivity index is 2.22. The number of rotatable bonds is 1. The lowest BCUT2D eigenvalue weighted by atomic mass is 9.80. The summed E-state index contributed by atoms with van der Waals surface area (Å²) in [5.41, 5.74) is 6.85. The van der Waals surface area contributed by atoms with Gasteiger partial charge in [-0.2, -0.15) is 0 Å². The zero-order valence-corrected chi connectivity index (χ0v) is 7.84. The van der Waals surface area contributed by atoms with Gasteiger partial charge in [-0.05, 0) is 12.8 Å². The van der Waals surface area contributed by atoms with Crippen molar-refractivity contribution in [3.63, 3.8) is 0 Å². The van der Waals surface area contributed by atoms with Crippen LogP contribution in [0.1, 0.15) is 25.5 Å². The minimum Gasteiger partial charge on any atom is -0.381 e. The normalized spacial score (nSPS) is 21.6. The molecule has 0 aliphatic carbocycles. The number of aromatic amines is 1. The second-order valence-electron chi connectivity index (χ2n) is 3.86. The van der Waals surface area contributed by atoms with Gasteiger partial charge in [0.2, 0.25) is 0 Å². The Hall–Kier alpha value is -1.03. The van der Waals surface area contributed by atoms with Crippen molar-refractivity contribution in [1.82, 2.24) is 9.97 Å². The summed E-state index contributed by atoms with van der Waals surface area (Å²) in [5.74, 6) is 0.503. The van der Waals surface area contributed by atoms with E-state index in [1.165, 1.54) is 0 Å². The second kappa shape index (κ2) is 3.03. The molecule has 1 aromatic rings. The summed E-state index contributed by atoms with van der Waals surface area (Å²) in [5, 5.41) is 0. The number of aromatic nitrogens is 2. The lowest BCUT2D eigenvalue weighted by Gasteiger charge is -2.32. The van der Waals surface area contributed by atoms with Crippen molar-refractivity contribution in [2.45, 2.75) is 25.2 Å². The van der Waals surface area contributed by atoms with Crippen molar-refractivity contribution in [2.75, 3.05) is 18.9 Å². The summed E-state index contributed by atoms with van der Waals surface area (Å²) in [6, 6.07) is 0. The molecule has 0 spiro atoms. The quantitative estimate of drug-likeness (QED) is 0.681. The van der Waals surface area contributed by atoms with Gasteiger partial charge in [0.15, 0.2) is 5.95 Å². The number of nitrogens with one attached hydrogen (secondary N) is 1. The number of hydrogen-bond donors (Lipinski definition) is 2. The first kappa shape index (κ1) is 8.56. The Bertz CT molecular complexity index is 289. The standard InChI is InChI=1S/C9H15N3O/c1-9(2-4-13-5-3-9)7-6-11-8(10)12-7/h6H,2-5H2,1H3,(H3,10,11,12). The second-order valence-corrected chi connectivity index (χ2v) is 3.86. The zero-order chi connectivity index (χ0) is 9.31. The zero-order valence-electron chi connectivity index (χ0n) is 7.84. The van der Waals surface area contributed by atoms with Crippen molar-refractivity contribution in [2.24, 2.45) is 0 Å². The molecule has 0 unspecified atom stereocenters. The average molecular weight is 181 g/mol. The van der Waals surface area contributed by atoms with E-state index in [2.05, 4.69) is 16.9 Å². The topological polar surface area (TPSA) is 63.9 Å². The molecule has 2 heterocycles. The summed E-state index contributed by atoms with van der Waals surface area (Å²) < 4.78 is 5.33. The Morgan fingerprint density at radius 3 is 2.77 bits per heavy atom. The van der Waals surface area contributed by atoms with Crippen LogP contribution in [0, 0.1) is 0 Å². The van der Waals surface area contributed by atoms with Crippen LogP contribution in [0.4, 0.5) is 5.95 Å². The highest BCUT2D eigenvalue weighted by Gasteiger charge is 2.30. The molecule has 4 nitrogen and oxygen atoms in total. The number of nitrogen functional groups attached to an aromatic ring is 1. The molecule has 0 atom stereocenters. The molecular weight excluding hydrogens is 166 g/mol. The van der Waals surface area contributed by atoms with E-state index in [-0.39, 0.29) is 5.41 Å². The van der Waals surface area contributed by atoms with Crippen molar-refractivity contribution in [1.29, 1.82) is 0 Å². The molecule has 0 radical (unpaired) electrons. The molecule has 0 bridgehead atoms. The lowest BCUT2D eigenvalue weighted by Crippen LogP contribution is -2.30. The fraction of sp³-hybridized carbons (Fsp3) is 0.667. The first-order valence-electron chi connectivity index (χ1n) is 4.59. The third-order valence-electron chi connectivity index (χ3n) is 2.84. The molecule has 72 valence electrons. The van der Waals surface area contributed by atoms with Crippen molar-refractivity contribution < 1.29 is 4.74 Å². The predicted octanol–water partition coefficient (Wildman–Crippen LogP) is 1.06. The van der Waals surface area contributed by atoms with Gasteiger partial charge in [-0.15, -0.1) is 0 Å². The van der Waals surface area contributed by atoms with Gasteiger partial charge in [0.05, 0.1) is 6.20 Å². The minimum absolute atomic E-state index is 0.170. The van der Waals surface area contributed by atoms with Gasteiger partial charge in [-0.25, -0.2) is 4.98 Å². The third kappa shape index (κ3) is 1.54. The van der Waals surface area contributed by atoms with E-state index < -0.39 is 0 Å². The molecule has 3 N–H and O–H groups in total. The SMILES string of the molecule is CC1(c2cnc(N)[nH]2)CCOCC1. The van der Waals surface area contributed by atoms with E-state index in [4.69, 9.17) is 10.5 Å². The Kier molecular flexibility index (Phi) is 2.00. The minimum atomic E-state index is 0.170. The van der Waals surface area contributed by atoms with Crippen LogP contribution in [0.5, 0.6) is 0 Å². The van der Waals surface area contributed by atoms with Crippen molar-refractivity contribution >= 4 is 5.95 Å². The number of nitrogens with two attached hydrogens (primary N) is 1. The maximum absolute atomic E-state index is 5.55. The monoisotopic (exact) mass is 181 g/mol. The van der Waals surface area contributed by atoms with Crippen LogP contribution in [-0.4, -0.2) is 23.2 Å². The largest absolute Gasteiger partial charge is 0.381 e. The van der Waals surface area contributed by atoms with Crippen LogP contribution >= 0.6 is 0 Å². The van der Waals surface area contributed by atoms with Gasteiger partial charge in [0.1, 0.15) is 0 Å². The van der Waals surface area contributed by atoms with Crippen molar-refractivity contribution in [3.05, 3.63) is 11.9 Å². The number of hydrogen-bond acceptors (Lipinski definition) is 3. The molecule has 2 rings (SSSR count). The summed E-state index contributed by atoms with van der Waals surface area (Å²) in [4.78, 5) is 7.12. The molecule has 0 aromatic carbocycles. The summed E-state index contributed by atoms with van der Waals surface area (Å²) in [6.45, 7) is 3.88. The fourth-order valence-corrected chi connectivity index (χ4v) is 1.73. The van der Waals surface area contributed by atoms with Crippen LogP contribution in [0.2, 0.25) is 0 Å². The first-order valence-corrected chi connectivity index (χ1v) is 4.59. The van der Waals surface area contributed by atoms with Crippen LogP contribution in [0.15, 0.2) is 6.20 Å². The highest BCUT2D eigenvalue weighted by molar-refractivity contribution is 5.24. The van der Waals surface area contributed by atoms with E-state index >= 15 is 0 Å². The molecule has 13 heavy (non-hydrogen) atoms. The van der Waals surface area contributed by atoms with E-state index in [1.54, 1.807) is 0 Å². The summed E-state index contributed by atoms with van der Waals surface area (Å²) >= 11 is 0. The fourth-order valence-electron chi connectivity index (χ4n) is 1.73. The Labute approximate surface area is 77.5 Å². The molecule has 4 heteroatoms. The van der Waals surface area contributed by atoms with Crippen LogP contribution in [0.3, 0.4) is 0 Å². The molecule has 0 saturated carbocycles. The molecular formula is C9H15N3O. The van der Waals surface area contributed by atoms with E-state index in [9.17, 15) is 0 Å². The van der Waals surface area contributed by atoms with Gasteiger partial charge in [-0.1, -0.05) is 6.92 Å². The van der Waals surface area contributed by atoms with Gasteiger partial charge >= 0.3 is 0 Å². The van der Waals surface area contributed by atoms with Gasteiger partial charge in [-0.3, -0.25) is 0 Å². The molecule has 1 aliphatic heterocycles. The first-order chi connectivity index (χ1) is 6.21. The highest BCUT2D eigenvalue weighted by atomic mass is 16.5. The lowest BCUT2D eigenvalue weighted by molar-refractivity contribution is 0.0552. The predicted molar refractivity (Wildman–Crippen MR) is 50.4 cm³/mol. The number of nitrogens with zero attached hydrogens (tertiary/aromatic N) is 1. The van der Waals surface area contributed by atoms with E-state index in [1.807, 2.05) is 6.20 Å². The summed E-state index contributed by atoms with van der Waals surface area (Å²) in [6.07, 6.45) is 3.91. The van der Waals surface area contributed by atoms with Gasteiger partial charge < -0.3 is 15.5 Å². The molecule has 1 fully saturated rings. The van der Waals surface area contributed by atoms with Crippen LogP contribution in [-0.2, 0) is 10.2 Å². The highest BCUT2D eigenvalue weighted by Crippen LogP contribution is 2.32. The number of ether oxygens (including phenoxy) is 1. The Morgan fingerprint density at radius 1 is 1.54 bits per heavy atom. The molecule has 1 aliphatic rings. The number of anilines is 1. The van der Waals surface area contributed by atoms with Crippen LogP contribution in [0.25, 0.3) is 0 Å². The van der Waals surface area contributed by atoms with Crippen LogP contribution < -0.4 is 5.73 Å². The molecule has 0 amide bonds. The smallest absolute Gasteiger partial charge is 0.197 e. The summed E-state index contributed by atoms with van der Waals surface area (Å²) in [7, 11) is 0. The molecule has 1 saturated heterocycles. The van der Waals surface area contributed by atoms with Crippen molar-refractivity contribution in [3.8, 4) is 0 Å². The maximum Gasteiger partial charge on any atom is 0.197 e.